The molecule has 6 aromatic rings. The van der Waals surface area contributed by atoms with Gasteiger partial charge in [0, 0.05) is 30.7 Å². The van der Waals surface area contributed by atoms with Crippen molar-refractivity contribution in [2.45, 2.75) is 24.5 Å². The van der Waals surface area contributed by atoms with Gasteiger partial charge in [-0.05, 0) is 51.4 Å². The van der Waals surface area contributed by atoms with Crippen LogP contribution in [0.25, 0.3) is 33.2 Å². The molecule has 5 aromatic carbocycles. The lowest BCUT2D eigenvalue weighted by Gasteiger charge is -2.32. The summed E-state index contributed by atoms with van der Waals surface area (Å²) in [6, 6.07) is 43.4. The fourth-order valence-corrected chi connectivity index (χ4v) is 6.45. The van der Waals surface area contributed by atoms with E-state index in [0.717, 1.165) is 55.5 Å². The molecule has 0 saturated carbocycles. The number of aromatic amines is 1. The normalized spacial score (nSPS) is 16.4. The van der Waals surface area contributed by atoms with Gasteiger partial charge in [-0.25, -0.2) is 0 Å². The fourth-order valence-electron chi connectivity index (χ4n) is 6.45. The van der Waals surface area contributed by atoms with Crippen LogP contribution in [0.2, 0.25) is 0 Å². The molecule has 1 aliphatic rings. The first kappa shape index (κ1) is 29.3. The largest absolute Gasteiger partial charge is 0.357 e. The third kappa shape index (κ3) is 5.71. The van der Waals surface area contributed by atoms with E-state index >= 15 is 0 Å². The topological polar surface area (TPSA) is 77.2 Å². The zero-order valence-electron chi connectivity index (χ0n) is 25.9. The van der Waals surface area contributed by atoms with E-state index in [-0.39, 0.29) is 17.9 Å². The molecule has 0 aliphatic carbocycles. The van der Waals surface area contributed by atoms with Crippen molar-refractivity contribution in [3.8, 4) is 22.3 Å². The Kier molecular flexibility index (Phi) is 7.95. The van der Waals surface area contributed by atoms with Crippen molar-refractivity contribution in [3.63, 3.8) is 0 Å². The van der Waals surface area contributed by atoms with E-state index in [1.807, 2.05) is 72.8 Å². The summed E-state index contributed by atoms with van der Waals surface area (Å²) in [5.41, 5.74) is 9.46. The second-order valence-corrected chi connectivity index (χ2v) is 12.1. The molecule has 6 heteroatoms. The molecule has 0 radical (unpaired) electrons. The van der Waals surface area contributed by atoms with Crippen LogP contribution in [-0.2, 0) is 16.0 Å². The number of likely N-dealkylation sites (N-methyl/N-ethyl adjacent to an activating group) is 1. The van der Waals surface area contributed by atoms with Gasteiger partial charge in [0.25, 0.3) is 0 Å². The highest BCUT2D eigenvalue weighted by molar-refractivity contribution is 5.92. The minimum Gasteiger partial charge on any atom is -0.357 e. The van der Waals surface area contributed by atoms with E-state index < -0.39 is 12.1 Å². The van der Waals surface area contributed by atoms with E-state index in [9.17, 15) is 9.59 Å². The Morgan fingerprint density at radius 2 is 1.24 bits per heavy atom. The Morgan fingerprint density at radius 1 is 0.696 bits per heavy atom. The molecule has 2 amide bonds. The summed E-state index contributed by atoms with van der Waals surface area (Å²) in [7, 11) is 3.43. The molecular weight excluding hydrogens is 568 g/mol. The van der Waals surface area contributed by atoms with E-state index in [2.05, 4.69) is 76.3 Å². The minimum absolute atomic E-state index is 0.183. The number of hydrogen-bond acceptors (Lipinski definition) is 3. The van der Waals surface area contributed by atoms with Crippen LogP contribution in [0.4, 0.5) is 0 Å². The van der Waals surface area contributed by atoms with Crippen molar-refractivity contribution in [2.75, 3.05) is 14.1 Å². The van der Waals surface area contributed by atoms with Gasteiger partial charge in [-0.1, -0.05) is 127 Å². The Balaban J connectivity index is 1.19. The maximum Gasteiger partial charge on any atom is 0.249 e. The van der Waals surface area contributed by atoms with Crippen molar-refractivity contribution in [1.29, 1.82) is 0 Å². The number of carbonyl (C=O) groups excluding carboxylic acids is 2. The van der Waals surface area contributed by atoms with Crippen molar-refractivity contribution in [3.05, 3.63) is 156 Å². The van der Waals surface area contributed by atoms with Gasteiger partial charge in [0.15, 0.2) is 0 Å². The average molecular weight is 605 g/mol. The number of rotatable bonds is 7. The van der Waals surface area contributed by atoms with Crippen molar-refractivity contribution >= 4 is 22.7 Å². The molecular formula is C40H36N4O2. The van der Waals surface area contributed by atoms with Crippen molar-refractivity contribution in [1.82, 2.24) is 20.5 Å². The molecule has 1 unspecified atom stereocenters. The molecule has 0 spiro atoms. The first-order valence-electron chi connectivity index (χ1n) is 15.6. The molecule has 228 valence electrons. The Bertz CT molecular complexity index is 1980. The maximum atomic E-state index is 14.1. The molecule has 0 saturated heterocycles. The summed E-state index contributed by atoms with van der Waals surface area (Å²) in [4.78, 5) is 32.8. The van der Waals surface area contributed by atoms with Crippen LogP contribution in [0.1, 0.15) is 34.5 Å². The van der Waals surface area contributed by atoms with Gasteiger partial charge < -0.3 is 15.2 Å². The quantitative estimate of drug-likeness (QED) is 0.183. The molecule has 0 fully saturated rings. The number of benzene rings is 5. The highest BCUT2D eigenvalue weighted by atomic mass is 16.2. The number of H-pyrrole nitrogens is 1. The summed E-state index contributed by atoms with van der Waals surface area (Å²) in [6.45, 7) is 0. The van der Waals surface area contributed by atoms with Crippen LogP contribution in [0.3, 0.4) is 0 Å². The molecule has 0 bridgehead atoms. The van der Waals surface area contributed by atoms with Crippen LogP contribution in [0.5, 0.6) is 0 Å². The average Bonchev–Trinajstić information content (AvgIpc) is 3.49. The zero-order valence-corrected chi connectivity index (χ0v) is 25.9. The number of para-hydroxylation sites is 1. The Hall–Kier alpha value is -5.46. The van der Waals surface area contributed by atoms with Crippen LogP contribution in [0.15, 0.2) is 133 Å². The predicted octanol–water partition coefficient (Wildman–Crippen LogP) is 7.05. The molecule has 6 nitrogen and oxygen atoms in total. The summed E-state index contributed by atoms with van der Waals surface area (Å²) in [5.74, 6) is -0.397. The predicted molar refractivity (Wildman–Crippen MR) is 184 cm³/mol. The number of nitrogens with zero attached hydrogens (tertiary/aromatic N) is 1. The van der Waals surface area contributed by atoms with Crippen LogP contribution in [0, 0.1) is 0 Å². The Morgan fingerprint density at radius 3 is 1.85 bits per heavy atom. The second kappa shape index (κ2) is 12.5. The number of carbonyl (C=O) groups is 2. The molecule has 3 atom stereocenters. The molecule has 2 heterocycles. The number of fused-ring (bicyclic) bond motifs is 3. The standard InChI is InChI=1S/C40H36N4O2/c1-44(2)40(46)37(31-23-19-29(20-24-31)27-13-7-4-8-14-27)43-39(45)35-25-33-32-15-9-10-16-34(32)41-38(33)36(42-35)30-21-17-28(18-22-30)26-11-5-3-6-12-26/h3-24,35-37,41-42H,25H2,1-2H3,(H,43,45)/t35-,36+,37?/m1/s1. The lowest BCUT2D eigenvalue weighted by Crippen LogP contribution is -2.52. The molecule has 7 rings (SSSR count). The smallest absolute Gasteiger partial charge is 0.249 e. The molecule has 46 heavy (non-hydrogen) atoms. The monoisotopic (exact) mass is 604 g/mol. The van der Waals surface area contributed by atoms with E-state index in [1.54, 1.807) is 14.1 Å². The summed E-state index contributed by atoms with van der Waals surface area (Å²) in [5, 5.41) is 7.86. The fraction of sp³-hybridized carbons (Fsp3) is 0.150. The number of amides is 2. The van der Waals surface area contributed by atoms with E-state index in [0.29, 0.717) is 6.42 Å². The lowest BCUT2D eigenvalue weighted by atomic mass is 9.89. The van der Waals surface area contributed by atoms with Crippen LogP contribution in [-0.4, -0.2) is 41.8 Å². The van der Waals surface area contributed by atoms with E-state index in [4.69, 9.17) is 0 Å². The highest BCUT2D eigenvalue weighted by Crippen LogP contribution is 2.36. The molecule has 1 aromatic heterocycles. The first-order valence-corrected chi connectivity index (χ1v) is 15.6. The SMILES string of the molecule is CN(C)C(=O)C(NC(=O)[C@H]1Cc2c([nH]c3ccccc23)[C@H](c2ccc(-c3ccccc3)cc2)N1)c1ccc(-c2ccccc2)cc1. The summed E-state index contributed by atoms with van der Waals surface area (Å²) < 4.78 is 0. The first-order chi connectivity index (χ1) is 22.5. The van der Waals surface area contributed by atoms with Gasteiger partial charge in [-0.15, -0.1) is 0 Å². The van der Waals surface area contributed by atoms with Gasteiger partial charge in [-0.3, -0.25) is 14.9 Å². The van der Waals surface area contributed by atoms with Gasteiger partial charge in [0.2, 0.25) is 11.8 Å². The number of nitrogens with one attached hydrogen (secondary N) is 3. The second-order valence-electron chi connectivity index (χ2n) is 12.1. The van der Waals surface area contributed by atoms with E-state index in [1.165, 1.54) is 4.90 Å². The van der Waals surface area contributed by atoms with Gasteiger partial charge >= 0.3 is 0 Å². The summed E-state index contributed by atoms with van der Waals surface area (Å²) in [6.07, 6.45) is 0.500. The number of aromatic nitrogens is 1. The molecule has 3 N–H and O–H groups in total. The van der Waals surface area contributed by atoms with Crippen LogP contribution >= 0.6 is 0 Å². The summed E-state index contributed by atoms with van der Waals surface area (Å²) >= 11 is 0. The van der Waals surface area contributed by atoms with Gasteiger partial charge in [0.05, 0.1) is 12.1 Å². The van der Waals surface area contributed by atoms with Crippen molar-refractivity contribution in [2.24, 2.45) is 0 Å². The van der Waals surface area contributed by atoms with Crippen LogP contribution < -0.4 is 10.6 Å². The highest BCUT2D eigenvalue weighted by Gasteiger charge is 2.36. The number of hydrogen-bond donors (Lipinski definition) is 3. The third-order valence-electron chi connectivity index (χ3n) is 8.90. The molecule has 1 aliphatic heterocycles. The minimum atomic E-state index is -0.818. The zero-order chi connectivity index (χ0) is 31.6. The van der Waals surface area contributed by atoms with Gasteiger partial charge in [0.1, 0.15) is 6.04 Å². The third-order valence-corrected chi connectivity index (χ3v) is 8.90. The van der Waals surface area contributed by atoms with Crippen molar-refractivity contribution < 1.29 is 9.59 Å². The maximum absolute atomic E-state index is 14.1. The lowest BCUT2D eigenvalue weighted by molar-refractivity contribution is -0.135. The van der Waals surface area contributed by atoms with Gasteiger partial charge in [-0.2, -0.15) is 0 Å². The Labute approximate surface area is 269 Å².